The predicted octanol–water partition coefficient (Wildman–Crippen LogP) is 2.63. The molecular formula is C13H18FN3O2. The minimum absolute atomic E-state index is 0.0835. The minimum Gasteiger partial charge on any atom is -0.378 e. The second-order valence-electron chi connectivity index (χ2n) is 4.93. The summed E-state index contributed by atoms with van der Waals surface area (Å²) in [5.74, 6) is -0.468. The van der Waals surface area contributed by atoms with E-state index < -0.39 is 10.7 Å². The van der Waals surface area contributed by atoms with Crippen LogP contribution in [-0.4, -0.2) is 36.0 Å². The third-order valence-corrected chi connectivity index (χ3v) is 3.60. The lowest BCUT2D eigenvalue weighted by atomic mass is 10.0. The molecule has 0 spiro atoms. The number of halogens is 1. The Kier molecular flexibility index (Phi) is 4.31. The van der Waals surface area contributed by atoms with Gasteiger partial charge in [0.15, 0.2) is 0 Å². The first kappa shape index (κ1) is 13.7. The molecule has 104 valence electrons. The van der Waals surface area contributed by atoms with E-state index >= 15 is 0 Å². The molecule has 1 aliphatic rings. The third kappa shape index (κ3) is 3.41. The monoisotopic (exact) mass is 267 g/mol. The summed E-state index contributed by atoms with van der Waals surface area (Å²) in [5.41, 5.74) is 0.170. The zero-order chi connectivity index (χ0) is 13.8. The van der Waals surface area contributed by atoms with Crippen molar-refractivity contribution in [3.05, 3.63) is 34.1 Å². The summed E-state index contributed by atoms with van der Waals surface area (Å²) in [5, 5.41) is 13.9. The highest BCUT2D eigenvalue weighted by atomic mass is 19.1. The second-order valence-corrected chi connectivity index (χ2v) is 4.93. The average molecular weight is 267 g/mol. The van der Waals surface area contributed by atoms with Gasteiger partial charge in [0.2, 0.25) is 0 Å². The maximum Gasteiger partial charge on any atom is 0.292 e. The van der Waals surface area contributed by atoms with Crippen molar-refractivity contribution >= 4 is 11.4 Å². The Labute approximate surface area is 111 Å². The third-order valence-electron chi connectivity index (χ3n) is 3.60. The summed E-state index contributed by atoms with van der Waals surface area (Å²) < 4.78 is 13.2. The molecule has 0 bridgehead atoms. The molecule has 1 fully saturated rings. The maximum atomic E-state index is 13.2. The topological polar surface area (TPSA) is 58.4 Å². The van der Waals surface area contributed by atoms with Gasteiger partial charge in [-0.3, -0.25) is 10.1 Å². The van der Waals surface area contributed by atoms with Gasteiger partial charge in [0.05, 0.1) is 4.92 Å². The SMILES string of the molecule is CN1CCCCC1CNc1cc(F)ccc1[N+](=O)[O-]. The van der Waals surface area contributed by atoms with Gasteiger partial charge in [-0.2, -0.15) is 0 Å². The number of hydrogen-bond donors (Lipinski definition) is 1. The molecule has 1 aromatic carbocycles. The zero-order valence-electron chi connectivity index (χ0n) is 10.9. The van der Waals surface area contributed by atoms with Crippen LogP contribution < -0.4 is 5.32 Å². The molecule has 6 heteroatoms. The molecule has 2 rings (SSSR count). The number of piperidine rings is 1. The molecule has 1 aliphatic heterocycles. The number of rotatable bonds is 4. The van der Waals surface area contributed by atoms with E-state index in [2.05, 4.69) is 10.2 Å². The van der Waals surface area contributed by atoms with Gasteiger partial charge in [0.25, 0.3) is 5.69 Å². The highest BCUT2D eigenvalue weighted by Gasteiger charge is 2.20. The number of benzene rings is 1. The Morgan fingerprint density at radius 3 is 3.00 bits per heavy atom. The summed E-state index contributed by atoms with van der Waals surface area (Å²) >= 11 is 0. The molecule has 1 atom stereocenters. The molecular weight excluding hydrogens is 249 g/mol. The molecule has 0 aromatic heterocycles. The quantitative estimate of drug-likeness (QED) is 0.673. The average Bonchev–Trinajstić information content (AvgIpc) is 2.37. The van der Waals surface area contributed by atoms with E-state index in [0.717, 1.165) is 19.0 Å². The van der Waals surface area contributed by atoms with Gasteiger partial charge < -0.3 is 10.2 Å². The number of nitro groups is 1. The Bertz CT molecular complexity index is 467. The Morgan fingerprint density at radius 2 is 2.32 bits per heavy atom. The van der Waals surface area contributed by atoms with Crippen LogP contribution in [0, 0.1) is 15.9 Å². The molecule has 1 heterocycles. The van der Waals surface area contributed by atoms with E-state index in [9.17, 15) is 14.5 Å². The predicted molar refractivity (Wildman–Crippen MR) is 71.8 cm³/mol. The lowest BCUT2D eigenvalue weighted by Crippen LogP contribution is -2.40. The lowest BCUT2D eigenvalue weighted by molar-refractivity contribution is -0.384. The normalized spacial score (nSPS) is 20.2. The first-order chi connectivity index (χ1) is 9.08. The van der Waals surface area contributed by atoms with Crippen LogP contribution in [0.25, 0.3) is 0 Å². The molecule has 0 radical (unpaired) electrons. The van der Waals surface area contributed by atoms with Crippen molar-refractivity contribution in [1.82, 2.24) is 4.90 Å². The smallest absolute Gasteiger partial charge is 0.292 e. The van der Waals surface area contributed by atoms with Crippen molar-refractivity contribution in [1.29, 1.82) is 0 Å². The van der Waals surface area contributed by atoms with Crippen LogP contribution in [0.15, 0.2) is 18.2 Å². The molecule has 5 nitrogen and oxygen atoms in total. The van der Waals surface area contributed by atoms with Crippen LogP contribution in [-0.2, 0) is 0 Å². The lowest BCUT2D eigenvalue weighted by Gasteiger charge is -2.32. The van der Waals surface area contributed by atoms with Crippen LogP contribution in [0.3, 0.4) is 0 Å². The fourth-order valence-electron chi connectivity index (χ4n) is 2.44. The molecule has 1 saturated heterocycles. The van der Waals surface area contributed by atoms with Crippen LogP contribution in [0.4, 0.5) is 15.8 Å². The number of anilines is 1. The zero-order valence-corrected chi connectivity index (χ0v) is 10.9. The largest absolute Gasteiger partial charge is 0.378 e. The summed E-state index contributed by atoms with van der Waals surface area (Å²) in [7, 11) is 2.05. The number of nitrogens with one attached hydrogen (secondary N) is 1. The van der Waals surface area contributed by atoms with Crippen molar-refractivity contribution in [2.75, 3.05) is 25.5 Å². The molecule has 19 heavy (non-hydrogen) atoms. The number of likely N-dealkylation sites (N-methyl/N-ethyl adjacent to an activating group) is 1. The first-order valence-corrected chi connectivity index (χ1v) is 6.46. The van der Waals surface area contributed by atoms with Gasteiger partial charge in [-0.1, -0.05) is 6.42 Å². The van der Waals surface area contributed by atoms with E-state index in [1.54, 1.807) is 0 Å². The number of nitro benzene ring substituents is 1. The van der Waals surface area contributed by atoms with Gasteiger partial charge in [-0.25, -0.2) is 4.39 Å². The Morgan fingerprint density at radius 1 is 1.53 bits per heavy atom. The fraction of sp³-hybridized carbons (Fsp3) is 0.538. The van der Waals surface area contributed by atoms with Gasteiger partial charge in [0.1, 0.15) is 11.5 Å². The van der Waals surface area contributed by atoms with Crippen molar-refractivity contribution < 1.29 is 9.31 Å². The second kappa shape index (κ2) is 5.97. The summed E-state index contributed by atoms with van der Waals surface area (Å²) in [6, 6.07) is 3.83. The number of hydrogen-bond acceptors (Lipinski definition) is 4. The van der Waals surface area contributed by atoms with E-state index in [1.807, 2.05) is 7.05 Å². The van der Waals surface area contributed by atoms with Crippen LogP contribution in [0.1, 0.15) is 19.3 Å². The highest BCUT2D eigenvalue weighted by molar-refractivity contribution is 5.61. The molecule has 1 unspecified atom stereocenters. The van der Waals surface area contributed by atoms with E-state index in [4.69, 9.17) is 0 Å². The Balaban J connectivity index is 2.05. The van der Waals surface area contributed by atoms with Crippen molar-refractivity contribution in [3.8, 4) is 0 Å². The molecule has 0 aliphatic carbocycles. The summed E-state index contributed by atoms with van der Waals surface area (Å²) in [6.07, 6.45) is 3.42. The van der Waals surface area contributed by atoms with Crippen LogP contribution in [0.5, 0.6) is 0 Å². The first-order valence-electron chi connectivity index (χ1n) is 6.46. The van der Waals surface area contributed by atoms with E-state index in [1.165, 1.54) is 25.0 Å². The van der Waals surface area contributed by atoms with Crippen molar-refractivity contribution in [2.24, 2.45) is 0 Å². The number of likely N-dealkylation sites (tertiary alicyclic amines) is 1. The highest BCUT2D eigenvalue weighted by Crippen LogP contribution is 2.25. The van der Waals surface area contributed by atoms with Crippen LogP contribution in [0.2, 0.25) is 0 Å². The van der Waals surface area contributed by atoms with Crippen molar-refractivity contribution in [2.45, 2.75) is 25.3 Å². The van der Waals surface area contributed by atoms with Gasteiger partial charge in [-0.05, 0) is 32.5 Å². The van der Waals surface area contributed by atoms with Gasteiger partial charge in [0, 0.05) is 24.7 Å². The standard InChI is InChI=1S/C13H18FN3O2/c1-16-7-3-2-4-11(16)9-15-12-8-10(14)5-6-13(12)17(18)19/h5-6,8,11,15H,2-4,7,9H2,1H3. The minimum atomic E-state index is -0.494. The van der Waals surface area contributed by atoms with Crippen molar-refractivity contribution in [3.63, 3.8) is 0 Å². The van der Waals surface area contributed by atoms with Gasteiger partial charge >= 0.3 is 0 Å². The maximum absolute atomic E-state index is 13.2. The molecule has 0 amide bonds. The van der Waals surface area contributed by atoms with Crippen LogP contribution >= 0.6 is 0 Å². The number of nitrogens with zero attached hydrogens (tertiary/aromatic N) is 2. The van der Waals surface area contributed by atoms with E-state index in [0.29, 0.717) is 12.6 Å². The van der Waals surface area contributed by atoms with E-state index in [-0.39, 0.29) is 11.4 Å². The molecule has 0 saturated carbocycles. The fourth-order valence-corrected chi connectivity index (χ4v) is 2.44. The molecule has 1 aromatic rings. The summed E-state index contributed by atoms with van der Waals surface area (Å²) in [4.78, 5) is 12.6. The summed E-state index contributed by atoms with van der Waals surface area (Å²) in [6.45, 7) is 1.64. The molecule has 1 N–H and O–H groups in total. The Hall–Kier alpha value is -1.69. The van der Waals surface area contributed by atoms with Gasteiger partial charge in [-0.15, -0.1) is 0 Å².